The third-order valence-electron chi connectivity index (χ3n) is 0. The fraction of sp³-hybridized carbons (Fsp3) is 0. The normalized spacial score (nSPS) is 8.43. The Kier molecular flexibility index (Phi) is 11.1. The van der Waals surface area contributed by atoms with Crippen molar-refractivity contribution in [3.8, 4) is 0 Å². The zero-order valence-corrected chi connectivity index (χ0v) is 5.92. The van der Waals surface area contributed by atoms with Crippen LogP contribution in [0.25, 0.3) is 0 Å². The van der Waals surface area contributed by atoms with E-state index in [0.717, 1.165) is 0 Å². The number of hydrogen-bond acceptors (Lipinski definition) is 2. The SMILES string of the molecule is N.O=P(O)(O)O.[Mg]. The van der Waals surface area contributed by atoms with Crippen molar-refractivity contribution in [1.82, 2.24) is 6.15 Å². The van der Waals surface area contributed by atoms with Gasteiger partial charge in [0, 0.05) is 23.1 Å². The second-order valence-electron chi connectivity index (χ2n) is 0.513. The van der Waals surface area contributed by atoms with Gasteiger partial charge in [0.05, 0.1) is 0 Å². The summed E-state index contributed by atoms with van der Waals surface area (Å²) in [4.78, 5) is 21.6. The topological polar surface area (TPSA) is 113 Å². The zero-order chi connectivity index (χ0) is 4.50. The van der Waals surface area contributed by atoms with Crippen molar-refractivity contribution in [3.05, 3.63) is 0 Å². The maximum atomic E-state index is 8.88. The van der Waals surface area contributed by atoms with Crippen molar-refractivity contribution < 1.29 is 19.2 Å². The summed E-state index contributed by atoms with van der Waals surface area (Å²) in [5, 5.41) is 0. The Balaban J connectivity index is -0.0000000800. The monoisotopic (exact) mass is 139 g/mol. The van der Waals surface area contributed by atoms with Crippen LogP contribution in [0.1, 0.15) is 0 Å². The van der Waals surface area contributed by atoms with Gasteiger partial charge in [-0.05, 0) is 0 Å². The van der Waals surface area contributed by atoms with Gasteiger partial charge >= 0.3 is 7.82 Å². The van der Waals surface area contributed by atoms with Gasteiger partial charge in [-0.25, -0.2) is 4.57 Å². The lowest BCUT2D eigenvalue weighted by Gasteiger charge is -1.82. The lowest BCUT2D eigenvalue weighted by Crippen LogP contribution is -1.66. The van der Waals surface area contributed by atoms with Crippen molar-refractivity contribution in [2.75, 3.05) is 0 Å². The molecule has 0 amide bonds. The van der Waals surface area contributed by atoms with Gasteiger partial charge in [0.2, 0.25) is 0 Å². The second kappa shape index (κ2) is 4.98. The Morgan fingerprint density at radius 2 is 1.14 bits per heavy atom. The van der Waals surface area contributed by atoms with Crippen LogP contribution in [0.4, 0.5) is 0 Å². The largest absolute Gasteiger partial charge is 0.466 e. The molecule has 0 rings (SSSR count). The Morgan fingerprint density at radius 3 is 1.14 bits per heavy atom. The van der Waals surface area contributed by atoms with E-state index in [1.165, 1.54) is 0 Å². The van der Waals surface area contributed by atoms with E-state index in [1.807, 2.05) is 0 Å². The molecule has 6 N–H and O–H groups in total. The van der Waals surface area contributed by atoms with E-state index in [2.05, 4.69) is 0 Å². The molecule has 7 heteroatoms. The van der Waals surface area contributed by atoms with Crippen molar-refractivity contribution in [2.24, 2.45) is 0 Å². The predicted octanol–water partition coefficient (Wildman–Crippen LogP) is -1.15. The summed E-state index contributed by atoms with van der Waals surface area (Å²) < 4.78 is 8.88. The molecule has 0 fully saturated rings. The third-order valence-corrected chi connectivity index (χ3v) is 0. The van der Waals surface area contributed by atoms with Gasteiger partial charge in [0.1, 0.15) is 0 Å². The summed E-state index contributed by atoms with van der Waals surface area (Å²) in [6.45, 7) is 0. The van der Waals surface area contributed by atoms with E-state index in [4.69, 9.17) is 19.2 Å². The smallest absolute Gasteiger partial charge is 0.344 e. The molecule has 0 heterocycles. The van der Waals surface area contributed by atoms with E-state index in [0.29, 0.717) is 0 Å². The lowest BCUT2D eigenvalue weighted by atomic mass is 14.0. The minimum Gasteiger partial charge on any atom is -0.344 e. The summed E-state index contributed by atoms with van der Waals surface area (Å²) in [6, 6.07) is 0. The van der Waals surface area contributed by atoms with E-state index < -0.39 is 7.82 Å². The first-order valence-corrected chi connectivity index (χ1v) is 2.35. The van der Waals surface area contributed by atoms with Crippen LogP contribution in [0.2, 0.25) is 0 Å². The number of phosphoric acid groups is 1. The molecule has 2 radical (unpaired) electrons. The molecule has 0 aromatic rings. The molecule has 0 saturated carbocycles. The lowest BCUT2D eigenvalue weighted by molar-refractivity contribution is 0.275. The second-order valence-corrected chi connectivity index (χ2v) is 1.54. The van der Waals surface area contributed by atoms with Gasteiger partial charge in [-0.2, -0.15) is 0 Å². The highest BCUT2D eigenvalue weighted by Crippen LogP contribution is 2.25. The summed E-state index contributed by atoms with van der Waals surface area (Å²) in [6.07, 6.45) is 0. The quantitative estimate of drug-likeness (QED) is 0.250. The first kappa shape index (κ1) is 15.7. The standard InChI is InChI=1S/Mg.H3N.H3O4P/c;;1-5(2,3)4/h;1H3;(H3,1,2,3,4). The summed E-state index contributed by atoms with van der Waals surface area (Å²) in [5.41, 5.74) is 0. The van der Waals surface area contributed by atoms with Crippen LogP contribution in [-0.2, 0) is 4.57 Å². The van der Waals surface area contributed by atoms with Crippen molar-refractivity contribution in [1.29, 1.82) is 0 Å². The molecule has 0 unspecified atom stereocenters. The molecule has 0 aliphatic rings. The maximum Gasteiger partial charge on any atom is 0.466 e. The van der Waals surface area contributed by atoms with Crippen LogP contribution in [-0.4, -0.2) is 37.7 Å². The van der Waals surface area contributed by atoms with Gasteiger partial charge in [-0.3, -0.25) is 0 Å². The fourth-order valence-electron chi connectivity index (χ4n) is 0. The Hall–Kier alpha value is 0.836. The highest BCUT2D eigenvalue weighted by molar-refractivity contribution is 7.45. The first-order chi connectivity index (χ1) is 2.00. The van der Waals surface area contributed by atoms with Crippen LogP contribution in [0.3, 0.4) is 0 Å². The van der Waals surface area contributed by atoms with Crippen LogP contribution in [0, 0.1) is 0 Å². The Bertz CT molecular complexity index is 57.8. The molecular weight excluding hydrogens is 133 g/mol. The van der Waals surface area contributed by atoms with Crippen LogP contribution >= 0.6 is 7.82 Å². The van der Waals surface area contributed by atoms with Gasteiger partial charge in [0.15, 0.2) is 0 Å². The molecule has 0 saturated heterocycles. The fourth-order valence-corrected chi connectivity index (χ4v) is 0. The Labute approximate surface area is 56.7 Å². The highest BCUT2D eigenvalue weighted by atomic mass is 31.2. The number of rotatable bonds is 0. The van der Waals surface area contributed by atoms with Gasteiger partial charge in [-0.15, -0.1) is 0 Å². The molecule has 0 aliphatic carbocycles. The van der Waals surface area contributed by atoms with Crippen LogP contribution in [0.5, 0.6) is 0 Å². The molecule has 0 spiro atoms. The molecule has 0 aliphatic heterocycles. The molecule has 0 bridgehead atoms. The first-order valence-electron chi connectivity index (χ1n) is 0.783. The van der Waals surface area contributed by atoms with E-state index in [1.54, 1.807) is 0 Å². The summed E-state index contributed by atoms with van der Waals surface area (Å²) in [5.74, 6) is 0. The van der Waals surface area contributed by atoms with Crippen molar-refractivity contribution >= 4 is 30.9 Å². The third kappa shape index (κ3) is 229. The minimum absolute atomic E-state index is 0. The zero-order valence-electron chi connectivity index (χ0n) is 3.61. The van der Waals surface area contributed by atoms with Crippen LogP contribution < -0.4 is 6.15 Å². The van der Waals surface area contributed by atoms with E-state index >= 15 is 0 Å². The summed E-state index contributed by atoms with van der Waals surface area (Å²) >= 11 is 0. The Morgan fingerprint density at radius 1 is 1.14 bits per heavy atom. The van der Waals surface area contributed by atoms with Crippen molar-refractivity contribution in [3.63, 3.8) is 0 Å². The maximum absolute atomic E-state index is 8.88. The predicted molar refractivity (Wildman–Crippen MR) is 25.0 cm³/mol. The van der Waals surface area contributed by atoms with Crippen molar-refractivity contribution in [2.45, 2.75) is 0 Å². The molecule has 5 nitrogen and oxygen atoms in total. The highest BCUT2D eigenvalue weighted by Gasteiger charge is 2.00. The molecular formula is H6MgNO4P. The van der Waals surface area contributed by atoms with E-state index in [-0.39, 0.29) is 29.2 Å². The van der Waals surface area contributed by atoms with Gasteiger partial charge < -0.3 is 20.8 Å². The minimum atomic E-state index is -4.64. The van der Waals surface area contributed by atoms with Gasteiger partial charge in [-0.1, -0.05) is 0 Å². The van der Waals surface area contributed by atoms with Crippen LogP contribution in [0.15, 0.2) is 0 Å². The van der Waals surface area contributed by atoms with Gasteiger partial charge in [0.25, 0.3) is 0 Å². The molecule has 0 atom stereocenters. The molecule has 0 aromatic heterocycles. The molecule has 0 aromatic carbocycles. The summed E-state index contributed by atoms with van der Waals surface area (Å²) in [7, 11) is -4.64. The average molecular weight is 139 g/mol. The molecule has 7 heavy (non-hydrogen) atoms. The number of hydrogen-bond donors (Lipinski definition) is 4. The molecule has 42 valence electrons. The average Bonchev–Trinajstić information content (AvgIpc) is 0.722. The van der Waals surface area contributed by atoms with E-state index in [9.17, 15) is 0 Å².